The number of ether oxygens (including phenoxy) is 2. The Hall–Kier alpha value is -3.93. The summed E-state index contributed by atoms with van der Waals surface area (Å²) in [6.07, 6.45) is 0.140. The number of hydrogen-bond acceptors (Lipinski definition) is 4. The van der Waals surface area contributed by atoms with E-state index >= 15 is 0 Å². The van der Waals surface area contributed by atoms with E-state index in [1.807, 2.05) is 84.9 Å². The Balaban J connectivity index is 1.41. The Morgan fingerprint density at radius 1 is 0.750 bits per heavy atom. The molecule has 0 fully saturated rings. The summed E-state index contributed by atoms with van der Waals surface area (Å²) in [4.78, 5) is 26.0. The molecular weight excluding hydrogens is 474 g/mol. The third kappa shape index (κ3) is 7.54. The summed E-state index contributed by atoms with van der Waals surface area (Å²) in [6, 6.07) is 32.3. The maximum absolute atomic E-state index is 13.2. The molecule has 182 valence electrons. The molecule has 1 amide bonds. The Bertz CT molecular complexity index is 1280. The van der Waals surface area contributed by atoms with Crippen LogP contribution in [0.25, 0.3) is 0 Å². The van der Waals surface area contributed by atoms with Gasteiger partial charge in [-0.1, -0.05) is 78.3 Å². The predicted molar refractivity (Wildman–Crippen MR) is 140 cm³/mol. The number of carbonyl (C=O) groups is 2. The van der Waals surface area contributed by atoms with Crippen molar-refractivity contribution in [3.63, 3.8) is 0 Å². The van der Waals surface area contributed by atoms with Gasteiger partial charge in [0.2, 0.25) is 0 Å². The molecule has 0 aliphatic carbocycles. The highest BCUT2D eigenvalue weighted by molar-refractivity contribution is 6.31. The molecule has 4 rings (SSSR count). The van der Waals surface area contributed by atoms with E-state index in [9.17, 15) is 9.59 Å². The van der Waals surface area contributed by atoms with Gasteiger partial charge in [0.05, 0.1) is 13.2 Å². The van der Waals surface area contributed by atoms with E-state index in [-0.39, 0.29) is 24.7 Å². The van der Waals surface area contributed by atoms with E-state index in [2.05, 4.69) is 5.32 Å². The number of ketones is 1. The number of carbonyl (C=O) groups excluding carboxylic acids is 2. The molecule has 0 bridgehead atoms. The Morgan fingerprint density at radius 3 is 2.11 bits per heavy atom. The van der Waals surface area contributed by atoms with Crippen LogP contribution < -0.4 is 10.1 Å². The third-order valence-electron chi connectivity index (χ3n) is 5.46. The standard InChI is InChI=1S/C30H26ClNO4/c31-25-11-7-10-24(19-25)30(34)32-28(21-35-20-23-8-3-1-4-9-23)29(33)18-22-14-16-27(17-15-22)36-26-12-5-2-6-13-26/h1-17,19,28H,18,20-21H2,(H,32,34). The number of benzene rings is 4. The second-order valence-corrected chi connectivity index (χ2v) is 8.68. The highest BCUT2D eigenvalue weighted by Gasteiger charge is 2.22. The fourth-order valence-corrected chi connectivity index (χ4v) is 3.77. The first kappa shape index (κ1) is 25.2. The molecule has 0 spiro atoms. The lowest BCUT2D eigenvalue weighted by atomic mass is 10.0. The maximum atomic E-state index is 13.2. The molecule has 4 aromatic rings. The van der Waals surface area contributed by atoms with Gasteiger partial charge in [-0.3, -0.25) is 9.59 Å². The van der Waals surface area contributed by atoms with Crippen LogP contribution in [0.5, 0.6) is 11.5 Å². The van der Waals surface area contributed by atoms with Crippen LogP contribution in [0.4, 0.5) is 0 Å². The van der Waals surface area contributed by atoms with Crippen LogP contribution in [0, 0.1) is 0 Å². The van der Waals surface area contributed by atoms with Crippen molar-refractivity contribution in [3.8, 4) is 11.5 Å². The number of para-hydroxylation sites is 1. The van der Waals surface area contributed by atoms with E-state index in [0.717, 1.165) is 16.9 Å². The van der Waals surface area contributed by atoms with E-state index < -0.39 is 6.04 Å². The number of amides is 1. The van der Waals surface area contributed by atoms with Gasteiger partial charge in [-0.15, -0.1) is 0 Å². The minimum Gasteiger partial charge on any atom is -0.457 e. The first-order chi connectivity index (χ1) is 17.6. The molecule has 0 aromatic heterocycles. The highest BCUT2D eigenvalue weighted by Crippen LogP contribution is 2.21. The van der Waals surface area contributed by atoms with Crippen LogP contribution in [-0.4, -0.2) is 24.3 Å². The smallest absolute Gasteiger partial charge is 0.251 e. The molecule has 0 aliphatic rings. The molecule has 0 aliphatic heterocycles. The topological polar surface area (TPSA) is 64.6 Å². The predicted octanol–water partition coefficient (Wildman–Crippen LogP) is 6.26. The van der Waals surface area contributed by atoms with Gasteiger partial charge in [-0.25, -0.2) is 0 Å². The molecule has 4 aromatic carbocycles. The number of Topliss-reactive ketones (excluding diaryl/α,β-unsaturated/α-hetero) is 1. The second-order valence-electron chi connectivity index (χ2n) is 8.24. The summed E-state index contributed by atoms with van der Waals surface area (Å²) >= 11 is 6.03. The molecule has 6 heteroatoms. The normalized spacial score (nSPS) is 11.5. The highest BCUT2D eigenvalue weighted by atomic mass is 35.5. The van der Waals surface area contributed by atoms with Crippen molar-refractivity contribution in [2.75, 3.05) is 6.61 Å². The van der Waals surface area contributed by atoms with Crippen LogP contribution >= 0.6 is 11.6 Å². The molecule has 1 N–H and O–H groups in total. The van der Waals surface area contributed by atoms with Crippen molar-refractivity contribution >= 4 is 23.3 Å². The number of halogens is 1. The summed E-state index contributed by atoms with van der Waals surface area (Å²) in [7, 11) is 0. The van der Waals surface area contributed by atoms with Gasteiger partial charge in [0.15, 0.2) is 5.78 Å². The minimum absolute atomic E-state index is 0.0508. The summed E-state index contributed by atoms with van der Waals surface area (Å²) in [6.45, 7) is 0.387. The van der Waals surface area contributed by atoms with Crippen LogP contribution in [0.1, 0.15) is 21.5 Å². The fourth-order valence-electron chi connectivity index (χ4n) is 3.58. The van der Waals surface area contributed by atoms with Crippen molar-refractivity contribution < 1.29 is 19.1 Å². The summed E-state index contributed by atoms with van der Waals surface area (Å²) in [5.41, 5.74) is 2.18. The second kappa shape index (κ2) is 12.7. The van der Waals surface area contributed by atoms with Gasteiger partial charge in [-0.2, -0.15) is 0 Å². The molecule has 5 nitrogen and oxygen atoms in total. The molecule has 0 saturated carbocycles. The number of hydrogen-bond donors (Lipinski definition) is 1. The van der Waals surface area contributed by atoms with Crippen molar-refractivity contribution in [2.45, 2.75) is 19.1 Å². The van der Waals surface area contributed by atoms with Crippen molar-refractivity contribution in [1.29, 1.82) is 0 Å². The zero-order chi connectivity index (χ0) is 25.2. The summed E-state index contributed by atoms with van der Waals surface area (Å²) < 4.78 is 11.6. The summed E-state index contributed by atoms with van der Waals surface area (Å²) in [5.74, 6) is 0.871. The van der Waals surface area contributed by atoms with E-state index in [0.29, 0.717) is 22.9 Å². The largest absolute Gasteiger partial charge is 0.457 e. The average molecular weight is 500 g/mol. The van der Waals surface area contributed by atoms with Gasteiger partial charge < -0.3 is 14.8 Å². The van der Waals surface area contributed by atoms with Gasteiger partial charge >= 0.3 is 0 Å². The monoisotopic (exact) mass is 499 g/mol. The molecule has 36 heavy (non-hydrogen) atoms. The molecular formula is C30H26ClNO4. The fraction of sp³-hybridized carbons (Fsp3) is 0.133. The van der Waals surface area contributed by atoms with Gasteiger partial charge in [-0.05, 0) is 53.6 Å². The van der Waals surface area contributed by atoms with Gasteiger partial charge in [0, 0.05) is 17.0 Å². The van der Waals surface area contributed by atoms with E-state index in [4.69, 9.17) is 21.1 Å². The van der Waals surface area contributed by atoms with Crippen LogP contribution in [-0.2, 0) is 22.6 Å². The maximum Gasteiger partial charge on any atom is 0.251 e. The molecule has 1 unspecified atom stereocenters. The van der Waals surface area contributed by atoms with Crippen molar-refractivity contribution in [1.82, 2.24) is 5.32 Å². The lowest BCUT2D eigenvalue weighted by Gasteiger charge is -2.18. The Kier molecular flexibility index (Phi) is 8.87. The van der Waals surface area contributed by atoms with Crippen LogP contribution in [0.15, 0.2) is 109 Å². The average Bonchev–Trinajstić information content (AvgIpc) is 2.90. The van der Waals surface area contributed by atoms with Crippen molar-refractivity contribution in [2.24, 2.45) is 0 Å². The zero-order valence-electron chi connectivity index (χ0n) is 19.6. The quantitative estimate of drug-likeness (QED) is 0.264. The molecule has 0 heterocycles. The molecule has 0 radical (unpaired) electrons. The van der Waals surface area contributed by atoms with E-state index in [1.165, 1.54) is 0 Å². The molecule has 0 saturated heterocycles. The number of nitrogens with one attached hydrogen (secondary N) is 1. The molecule has 1 atom stereocenters. The van der Waals surface area contributed by atoms with Crippen molar-refractivity contribution in [3.05, 3.63) is 131 Å². The number of rotatable bonds is 11. The minimum atomic E-state index is -0.819. The van der Waals surface area contributed by atoms with Crippen LogP contribution in [0.2, 0.25) is 5.02 Å². The zero-order valence-corrected chi connectivity index (χ0v) is 20.4. The first-order valence-electron chi connectivity index (χ1n) is 11.6. The third-order valence-corrected chi connectivity index (χ3v) is 5.69. The summed E-state index contributed by atoms with van der Waals surface area (Å²) in [5, 5.41) is 3.26. The lowest BCUT2D eigenvalue weighted by Crippen LogP contribution is -2.44. The van der Waals surface area contributed by atoms with Gasteiger partial charge in [0.25, 0.3) is 5.91 Å². The van der Waals surface area contributed by atoms with Crippen LogP contribution in [0.3, 0.4) is 0 Å². The van der Waals surface area contributed by atoms with E-state index in [1.54, 1.807) is 24.3 Å². The Labute approximate surface area is 215 Å². The Morgan fingerprint density at radius 2 is 1.42 bits per heavy atom. The van der Waals surface area contributed by atoms with Gasteiger partial charge in [0.1, 0.15) is 17.5 Å². The lowest BCUT2D eigenvalue weighted by molar-refractivity contribution is -0.121. The SMILES string of the molecule is O=C(NC(COCc1ccccc1)C(=O)Cc1ccc(Oc2ccccc2)cc1)c1cccc(Cl)c1. The first-order valence-corrected chi connectivity index (χ1v) is 12.0.